The van der Waals surface area contributed by atoms with Crippen LogP contribution in [0.2, 0.25) is 5.02 Å². The van der Waals surface area contributed by atoms with Gasteiger partial charge in [-0.3, -0.25) is 9.48 Å². The van der Waals surface area contributed by atoms with Gasteiger partial charge in [0.2, 0.25) is 5.78 Å². The van der Waals surface area contributed by atoms with E-state index in [2.05, 4.69) is 20.7 Å². The van der Waals surface area contributed by atoms with E-state index in [1.54, 1.807) is 18.0 Å². The molecule has 0 atom stereocenters. The first-order valence-electron chi connectivity index (χ1n) is 6.58. The Hall–Kier alpha value is -1.77. The second kappa shape index (κ2) is 5.92. The van der Waals surface area contributed by atoms with Gasteiger partial charge in [-0.25, -0.2) is 4.68 Å². The third-order valence-electron chi connectivity index (χ3n) is 3.39. The summed E-state index contributed by atoms with van der Waals surface area (Å²) in [5.41, 5.74) is 0.579. The van der Waals surface area contributed by atoms with Crippen molar-refractivity contribution >= 4 is 17.4 Å². The van der Waals surface area contributed by atoms with Crippen LogP contribution in [0.25, 0.3) is 0 Å². The average Bonchev–Trinajstić information content (AvgIpc) is 3.01. The van der Waals surface area contributed by atoms with Crippen molar-refractivity contribution in [3.63, 3.8) is 0 Å². The van der Waals surface area contributed by atoms with Gasteiger partial charge in [-0.15, -0.1) is 5.10 Å². The van der Waals surface area contributed by atoms with Gasteiger partial charge in [0.1, 0.15) is 5.69 Å². The molecule has 3 rings (SSSR count). The fourth-order valence-electron chi connectivity index (χ4n) is 2.08. The highest BCUT2D eigenvalue weighted by atomic mass is 35.5. The Kier molecular flexibility index (Phi) is 4.00. The maximum absolute atomic E-state index is 12.5. The summed E-state index contributed by atoms with van der Waals surface area (Å²) in [6.45, 7) is 2.57. The topological polar surface area (TPSA) is 86.9 Å². The Morgan fingerprint density at radius 2 is 2.38 bits per heavy atom. The minimum Gasteiger partial charge on any atom is -0.383 e. The first-order valence-corrected chi connectivity index (χ1v) is 6.96. The van der Waals surface area contributed by atoms with E-state index in [1.165, 1.54) is 10.9 Å². The quantitative estimate of drug-likeness (QED) is 0.764. The van der Waals surface area contributed by atoms with E-state index in [9.17, 15) is 4.79 Å². The normalized spacial score (nSPS) is 15.1. The minimum atomic E-state index is -0.285. The summed E-state index contributed by atoms with van der Waals surface area (Å²) in [4.78, 5) is 12.5. The third kappa shape index (κ3) is 2.69. The minimum absolute atomic E-state index is 0.257. The Morgan fingerprint density at radius 1 is 1.57 bits per heavy atom. The zero-order valence-electron chi connectivity index (χ0n) is 11.5. The highest BCUT2D eigenvalue weighted by molar-refractivity contribution is 6.34. The van der Waals surface area contributed by atoms with Gasteiger partial charge in [-0.2, -0.15) is 5.10 Å². The number of nitrogens with one attached hydrogen (secondary N) is 1. The fourth-order valence-corrected chi connectivity index (χ4v) is 2.30. The SMILES string of the molecule is COCCn1ncc(Cl)c1C(=O)c1cn(C2CNC2)nn1. The molecule has 8 nitrogen and oxygen atoms in total. The zero-order chi connectivity index (χ0) is 14.8. The number of ether oxygens (including phenoxy) is 1. The lowest BCUT2D eigenvalue weighted by Crippen LogP contribution is -2.43. The van der Waals surface area contributed by atoms with Crippen molar-refractivity contribution in [2.45, 2.75) is 12.6 Å². The van der Waals surface area contributed by atoms with Gasteiger partial charge in [-0.1, -0.05) is 16.8 Å². The highest BCUT2D eigenvalue weighted by Crippen LogP contribution is 2.19. The molecule has 0 aliphatic carbocycles. The molecule has 1 fully saturated rings. The molecule has 2 aromatic rings. The molecule has 0 radical (unpaired) electrons. The summed E-state index contributed by atoms with van der Waals surface area (Å²) < 4.78 is 8.23. The van der Waals surface area contributed by atoms with Gasteiger partial charge in [0.05, 0.1) is 36.6 Å². The van der Waals surface area contributed by atoms with Crippen LogP contribution in [0.15, 0.2) is 12.4 Å². The van der Waals surface area contributed by atoms with E-state index in [-0.39, 0.29) is 17.5 Å². The van der Waals surface area contributed by atoms with E-state index in [0.717, 1.165) is 13.1 Å². The molecule has 0 saturated carbocycles. The van der Waals surface area contributed by atoms with E-state index in [4.69, 9.17) is 16.3 Å². The molecule has 112 valence electrons. The second-order valence-corrected chi connectivity index (χ2v) is 5.19. The Bertz CT molecular complexity index is 648. The van der Waals surface area contributed by atoms with Crippen molar-refractivity contribution in [1.29, 1.82) is 0 Å². The molecule has 0 unspecified atom stereocenters. The number of rotatable bonds is 6. The molecule has 21 heavy (non-hydrogen) atoms. The largest absolute Gasteiger partial charge is 0.383 e. The number of carbonyl (C=O) groups excluding carboxylic acids is 1. The molecule has 1 aliphatic heterocycles. The molecule has 2 aromatic heterocycles. The van der Waals surface area contributed by atoms with E-state index in [0.29, 0.717) is 23.9 Å². The van der Waals surface area contributed by atoms with Gasteiger partial charge >= 0.3 is 0 Å². The smallest absolute Gasteiger partial charge is 0.234 e. The Balaban J connectivity index is 1.84. The van der Waals surface area contributed by atoms with Crippen molar-refractivity contribution in [2.75, 3.05) is 26.8 Å². The summed E-state index contributed by atoms with van der Waals surface area (Å²) in [5, 5.41) is 15.5. The summed E-state index contributed by atoms with van der Waals surface area (Å²) >= 11 is 6.07. The van der Waals surface area contributed by atoms with Crippen molar-refractivity contribution in [3.05, 3.63) is 28.8 Å². The van der Waals surface area contributed by atoms with Crippen LogP contribution in [0.4, 0.5) is 0 Å². The lowest BCUT2D eigenvalue weighted by Gasteiger charge is -2.26. The molecule has 0 amide bonds. The van der Waals surface area contributed by atoms with Crippen molar-refractivity contribution in [1.82, 2.24) is 30.1 Å². The van der Waals surface area contributed by atoms with Crippen LogP contribution in [-0.2, 0) is 11.3 Å². The molecular formula is C12H15ClN6O2. The lowest BCUT2D eigenvalue weighted by molar-refractivity contribution is 0.102. The standard InChI is InChI=1S/C12H15ClN6O2/c1-21-3-2-18-11(9(13)6-15-18)12(20)10-7-19(17-16-10)8-4-14-5-8/h6-8,14H,2-5H2,1H3. The van der Waals surface area contributed by atoms with Crippen LogP contribution in [0.3, 0.4) is 0 Å². The molecule has 1 saturated heterocycles. The summed E-state index contributed by atoms with van der Waals surface area (Å²) in [6.07, 6.45) is 3.10. The molecule has 3 heterocycles. The summed E-state index contributed by atoms with van der Waals surface area (Å²) in [5.74, 6) is -0.285. The Labute approximate surface area is 126 Å². The molecule has 1 N–H and O–H groups in total. The molecule has 0 spiro atoms. The number of ketones is 1. The van der Waals surface area contributed by atoms with Crippen LogP contribution in [0.1, 0.15) is 22.2 Å². The summed E-state index contributed by atoms with van der Waals surface area (Å²) in [7, 11) is 1.59. The molecule has 0 aromatic carbocycles. The fraction of sp³-hybridized carbons (Fsp3) is 0.500. The van der Waals surface area contributed by atoms with Crippen LogP contribution < -0.4 is 5.32 Å². The van der Waals surface area contributed by atoms with Gasteiger partial charge < -0.3 is 10.1 Å². The molecule has 1 aliphatic rings. The van der Waals surface area contributed by atoms with Crippen LogP contribution in [0, 0.1) is 0 Å². The number of aromatic nitrogens is 5. The van der Waals surface area contributed by atoms with Crippen LogP contribution >= 0.6 is 11.6 Å². The van der Waals surface area contributed by atoms with E-state index >= 15 is 0 Å². The van der Waals surface area contributed by atoms with Crippen LogP contribution in [-0.4, -0.2) is 57.4 Å². The number of hydrogen-bond acceptors (Lipinski definition) is 6. The predicted molar refractivity (Wildman–Crippen MR) is 74.5 cm³/mol. The maximum Gasteiger partial charge on any atom is 0.234 e. The molecule has 9 heteroatoms. The monoisotopic (exact) mass is 310 g/mol. The third-order valence-corrected chi connectivity index (χ3v) is 3.67. The van der Waals surface area contributed by atoms with Gasteiger partial charge in [0.25, 0.3) is 0 Å². The second-order valence-electron chi connectivity index (χ2n) is 4.78. The number of hydrogen-bond donors (Lipinski definition) is 1. The van der Waals surface area contributed by atoms with E-state index in [1.807, 2.05) is 0 Å². The number of methoxy groups -OCH3 is 1. The highest BCUT2D eigenvalue weighted by Gasteiger charge is 2.25. The van der Waals surface area contributed by atoms with Gasteiger partial charge in [0.15, 0.2) is 5.69 Å². The first kappa shape index (κ1) is 14.2. The zero-order valence-corrected chi connectivity index (χ0v) is 12.2. The van der Waals surface area contributed by atoms with Crippen molar-refractivity contribution in [3.8, 4) is 0 Å². The molecular weight excluding hydrogens is 296 g/mol. The van der Waals surface area contributed by atoms with E-state index < -0.39 is 0 Å². The Morgan fingerprint density at radius 3 is 3.05 bits per heavy atom. The van der Waals surface area contributed by atoms with Crippen LogP contribution in [0.5, 0.6) is 0 Å². The number of nitrogens with zero attached hydrogens (tertiary/aromatic N) is 5. The lowest BCUT2D eigenvalue weighted by atomic mass is 10.2. The first-order chi connectivity index (χ1) is 10.2. The number of carbonyl (C=O) groups is 1. The summed E-state index contributed by atoms with van der Waals surface area (Å²) in [6, 6.07) is 0.257. The predicted octanol–water partition coefficient (Wildman–Crippen LogP) is 0.150. The van der Waals surface area contributed by atoms with Crippen molar-refractivity contribution in [2.24, 2.45) is 0 Å². The number of halogens is 1. The maximum atomic E-state index is 12.5. The van der Waals surface area contributed by atoms with Gasteiger partial charge in [-0.05, 0) is 0 Å². The van der Waals surface area contributed by atoms with Crippen molar-refractivity contribution < 1.29 is 9.53 Å². The molecule has 0 bridgehead atoms. The average molecular weight is 311 g/mol. The van der Waals surface area contributed by atoms with Gasteiger partial charge in [0, 0.05) is 20.2 Å².